The maximum Gasteiger partial charge on any atom is 0.239 e. The normalized spacial score (nSPS) is 22.9. The van der Waals surface area contributed by atoms with E-state index < -0.39 is 21.5 Å². The van der Waals surface area contributed by atoms with Crippen molar-refractivity contribution < 1.29 is 18.0 Å². The summed E-state index contributed by atoms with van der Waals surface area (Å²) in [5, 5.41) is 5.44. The van der Waals surface area contributed by atoms with Gasteiger partial charge in [0.15, 0.2) is 9.84 Å². The topological polar surface area (TPSA) is 92.3 Å². The Labute approximate surface area is 164 Å². The number of nitrogens with one attached hydrogen (secondary N) is 2. The molecule has 0 bridgehead atoms. The zero-order chi connectivity index (χ0) is 19.7. The van der Waals surface area contributed by atoms with Crippen LogP contribution in [0.25, 0.3) is 0 Å². The average molecular weight is 398 g/mol. The Kier molecular flexibility index (Phi) is 4.93. The lowest BCUT2D eigenvalue weighted by Gasteiger charge is -2.21. The first-order chi connectivity index (χ1) is 13.4. The number of benzene rings is 2. The number of rotatable bonds is 4. The van der Waals surface area contributed by atoms with E-state index >= 15 is 0 Å². The summed E-state index contributed by atoms with van der Waals surface area (Å²) in [6.07, 6.45) is 3.73. The van der Waals surface area contributed by atoms with Crippen LogP contribution in [-0.2, 0) is 25.8 Å². The Hall–Kier alpha value is -2.67. The highest BCUT2D eigenvalue weighted by molar-refractivity contribution is 7.92. The molecule has 2 amide bonds. The van der Waals surface area contributed by atoms with Gasteiger partial charge in [-0.1, -0.05) is 36.8 Å². The summed E-state index contributed by atoms with van der Waals surface area (Å²) in [4.78, 5) is 24.4. The van der Waals surface area contributed by atoms with Gasteiger partial charge >= 0.3 is 0 Å². The van der Waals surface area contributed by atoms with Crippen molar-refractivity contribution in [1.82, 2.24) is 0 Å². The number of anilines is 2. The van der Waals surface area contributed by atoms with E-state index in [0.29, 0.717) is 5.69 Å². The minimum atomic E-state index is -3.68. The molecule has 28 heavy (non-hydrogen) atoms. The van der Waals surface area contributed by atoms with E-state index in [0.717, 1.165) is 25.7 Å². The highest BCUT2D eigenvalue weighted by Crippen LogP contribution is 2.36. The molecule has 2 aromatic rings. The Morgan fingerprint density at radius 3 is 2.68 bits per heavy atom. The monoisotopic (exact) mass is 398 g/mol. The predicted molar refractivity (Wildman–Crippen MR) is 107 cm³/mol. The van der Waals surface area contributed by atoms with Crippen molar-refractivity contribution in [3.63, 3.8) is 0 Å². The Bertz CT molecular complexity index is 1020. The molecule has 2 atom stereocenters. The molecule has 1 aliphatic carbocycles. The highest BCUT2D eigenvalue weighted by atomic mass is 32.2. The Morgan fingerprint density at radius 2 is 1.89 bits per heavy atom. The molecule has 2 aliphatic rings. The van der Waals surface area contributed by atoms with Crippen LogP contribution < -0.4 is 10.6 Å². The lowest BCUT2D eigenvalue weighted by atomic mass is 9.89. The minimum Gasteiger partial charge on any atom is -0.326 e. The van der Waals surface area contributed by atoms with Crippen LogP contribution in [0.15, 0.2) is 53.4 Å². The van der Waals surface area contributed by atoms with Crippen LogP contribution in [0.1, 0.15) is 24.8 Å². The van der Waals surface area contributed by atoms with E-state index in [1.165, 1.54) is 17.7 Å². The molecule has 0 spiro atoms. The van der Waals surface area contributed by atoms with Crippen molar-refractivity contribution in [2.75, 3.05) is 16.4 Å². The largest absolute Gasteiger partial charge is 0.326 e. The standard InChI is InChI=1S/C21H22N2O4S/c24-20-13-28(26,27)19-12-16(9-10-18(19)23-20)22-21(25)17-8-4-7-15(17)11-14-5-2-1-3-6-14/h1-3,5-6,9-10,12,15,17H,4,7-8,11,13H2,(H,22,25)(H,23,24). The number of amides is 2. The van der Waals surface area contributed by atoms with Crippen LogP contribution in [0.2, 0.25) is 0 Å². The Morgan fingerprint density at radius 1 is 1.11 bits per heavy atom. The molecule has 6 nitrogen and oxygen atoms in total. The smallest absolute Gasteiger partial charge is 0.239 e. The van der Waals surface area contributed by atoms with Gasteiger partial charge in [0.05, 0.1) is 10.6 Å². The molecule has 0 aromatic heterocycles. The molecule has 1 fully saturated rings. The molecule has 2 unspecified atom stereocenters. The van der Waals surface area contributed by atoms with Crippen LogP contribution in [-0.4, -0.2) is 26.0 Å². The number of carbonyl (C=O) groups is 2. The molecular weight excluding hydrogens is 376 g/mol. The highest BCUT2D eigenvalue weighted by Gasteiger charge is 2.34. The van der Waals surface area contributed by atoms with E-state index in [4.69, 9.17) is 0 Å². The zero-order valence-electron chi connectivity index (χ0n) is 15.4. The van der Waals surface area contributed by atoms with Gasteiger partial charge in [0.1, 0.15) is 5.75 Å². The van der Waals surface area contributed by atoms with Crippen LogP contribution >= 0.6 is 0 Å². The third-order valence-corrected chi connectivity index (χ3v) is 7.17. The van der Waals surface area contributed by atoms with Crippen molar-refractivity contribution in [2.24, 2.45) is 11.8 Å². The zero-order valence-corrected chi connectivity index (χ0v) is 16.2. The lowest BCUT2D eigenvalue weighted by molar-refractivity contribution is -0.121. The molecule has 4 rings (SSSR count). The van der Waals surface area contributed by atoms with Crippen LogP contribution in [0.4, 0.5) is 11.4 Å². The van der Waals surface area contributed by atoms with Gasteiger partial charge < -0.3 is 10.6 Å². The Balaban J connectivity index is 1.50. The average Bonchev–Trinajstić information content (AvgIpc) is 3.11. The fourth-order valence-electron chi connectivity index (χ4n) is 4.18. The van der Waals surface area contributed by atoms with E-state index in [1.54, 1.807) is 6.07 Å². The van der Waals surface area contributed by atoms with Gasteiger partial charge in [0.2, 0.25) is 11.8 Å². The van der Waals surface area contributed by atoms with Crippen molar-refractivity contribution in [3.05, 3.63) is 54.1 Å². The van der Waals surface area contributed by atoms with Crippen molar-refractivity contribution in [2.45, 2.75) is 30.6 Å². The van der Waals surface area contributed by atoms with Gasteiger partial charge in [0, 0.05) is 11.6 Å². The van der Waals surface area contributed by atoms with E-state index in [1.807, 2.05) is 18.2 Å². The summed E-state index contributed by atoms with van der Waals surface area (Å²) < 4.78 is 24.5. The van der Waals surface area contributed by atoms with Crippen molar-refractivity contribution >= 4 is 33.0 Å². The van der Waals surface area contributed by atoms with Gasteiger partial charge in [-0.2, -0.15) is 0 Å². The van der Waals surface area contributed by atoms with Crippen LogP contribution in [0.3, 0.4) is 0 Å². The van der Waals surface area contributed by atoms with Gasteiger partial charge in [-0.3, -0.25) is 9.59 Å². The first-order valence-electron chi connectivity index (χ1n) is 9.44. The van der Waals surface area contributed by atoms with Crippen molar-refractivity contribution in [1.29, 1.82) is 0 Å². The van der Waals surface area contributed by atoms with Crippen molar-refractivity contribution in [3.8, 4) is 0 Å². The molecule has 7 heteroatoms. The molecule has 146 valence electrons. The summed E-state index contributed by atoms with van der Waals surface area (Å²) in [5.41, 5.74) is 1.92. The van der Waals surface area contributed by atoms with Crippen LogP contribution in [0.5, 0.6) is 0 Å². The van der Waals surface area contributed by atoms with Crippen LogP contribution in [0, 0.1) is 11.8 Å². The second-order valence-corrected chi connectivity index (χ2v) is 9.45. The number of sulfone groups is 1. The number of hydrogen-bond acceptors (Lipinski definition) is 4. The first-order valence-corrected chi connectivity index (χ1v) is 11.1. The van der Waals surface area contributed by atoms with Gasteiger partial charge in [-0.25, -0.2) is 8.42 Å². The molecule has 1 saturated carbocycles. The molecular formula is C21H22N2O4S. The summed E-state index contributed by atoms with van der Waals surface area (Å²) in [6, 6.07) is 14.7. The summed E-state index contributed by atoms with van der Waals surface area (Å²) >= 11 is 0. The third kappa shape index (κ3) is 3.80. The minimum absolute atomic E-state index is 0.0529. The fraction of sp³-hybridized carbons (Fsp3) is 0.333. The van der Waals surface area contributed by atoms with Gasteiger partial charge in [0.25, 0.3) is 0 Å². The van der Waals surface area contributed by atoms with E-state index in [-0.39, 0.29) is 28.3 Å². The summed E-state index contributed by atoms with van der Waals surface area (Å²) in [6.45, 7) is 0. The third-order valence-electron chi connectivity index (χ3n) is 5.52. The summed E-state index contributed by atoms with van der Waals surface area (Å²) in [5.74, 6) is -0.996. The summed E-state index contributed by atoms with van der Waals surface area (Å²) in [7, 11) is -3.68. The maximum absolute atomic E-state index is 12.9. The first kappa shape index (κ1) is 18.7. The molecule has 1 heterocycles. The molecule has 1 aliphatic heterocycles. The second kappa shape index (κ2) is 7.39. The quantitative estimate of drug-likeness (QED) is 0.828. The SMILES string of the molecule is O=C1CS(=O)(=O)c2cc(NC(=O)C3CCCC3Cc3ccccc3)ccc2N1. The molecule has 2 N–H and O–H groups in total. The fourth-order valence-corrected chi connectivity index (χ4v) is 5.51. The molecule has 0 radical (unpaired) electrons. The van der Waals surface area contributed by atoms with Gasteiger partial charge in [-0.15, -0.1) is 0 Å². The van der Waals surface area contributed by atoms with Gasteiger partial charge in [-0.05, 0) is 48.9 Å². The maximum atomic E-state index is 12.9. The van der Waals surface area contributed by atoms with E-state index in [2.05, 4.69) is 22.8 Å². The number of fused-ring (bicyclic) bond motifs is 1. The molecule has 0 saturated heterocycles. The van der Waals surface area contributed by atoms with E-state index in [9.17, 15) is 18.0 Å². The lowest BCUT2D eigenvalue weighted by Crippen LogP contribution is -2.30. The number of hydrogen-bond donors (Lipinski definition) is 2. The predicted octanol–water partition coefficient (Wildman–Crippen LogP) is 3.01. The molecule has 2 aromatic carbocycles. The second-order valence-electron chi connectivity index (χ2n) is 7.49. The number of carbonyl (C=O) groups excluding carboxylic acids is 2.